The van der Waals surface area contributed by atoms with E-state index in [4.69, 9.17) is 5.73 Å². The van der Waals surface area contributed by atoms with Crippen LogP contribution in [-0.4, -0.2) is 5.84 Å². The summed E-state index contributed by atoms with van der Waals surface area (Å²) in [5.41, 5.74) is 6.78. The van der Waals surface area contributed by atoms with Gasteiger partial charge in [-0.2, -0.15) is 0 Å². The van der Waals surface area contributed by atoms with Crippen molar-refractivity contribution in [2.24, 2.45) is 10.7 Å². The lowest BCUT2D eigenvalue weighted by Crippen LogP contribution is -2.09. The van der Waals surface area contributed by atoms with E-state index in [1.807, 2.05) is 12.3 Å². The summed E-state index contributed by atoms with van der Waals surface area (Å²) in [7, 11) is 0. The normalized spacial score (nSPS) is 12.0. The summed E-state index contributed by atoms with van der Waals surface area (Å²) in [5.74, 6) is 0.716. The van der Waals surface area contributed by atoms with E-state index >= 15 is 0 Å². The van der Waals surface area contributed by atoms with Crippen molar-refractivity contribution in [2.75, 3.05) is 0 Å². The van der Waals surface area contributed by atoms with Crippen molar-refractivity contribution < 1.29 is 0 Å². The molecular formula is C8H11BrN2S. The van der Waals surface area contributed by atoms with Gasteiger partial charge in [-0.1, -0.05) is 6.92 Å². The maximum atomic E-state index is 5.58. The number of hydrogen-bond acceptors (Lipinski definition) is 2. The Morgan fingerprint density at radius 1 is 1.75 bits per heavy atom. The SMILES string of the molecule is CCC(N)=NCc1ccsc1Br. The zero-order valence-corrected chi connectivity index (χ0v) is 9.28. The molecule has 0 saturated carbocycles. The lowest BCUT2D eigenvalue weighted by molar-refractivity contribution is 1.04. The molecule has 0 radical (unpaired) electrons. The van der Waals surface area contributed by atoms with Gasteiger partial charge in [0.15, 0.2) is 0 Å². The molecule has 0 aliphatic carbocycles. The first-order chi connectivity index (χ1) is 5.74. The molecule has 0 unspecified atom stereocenters. The van der Waals surface area contributed by atoms with E-state index in [0.717, 1.165) is 10.2 Å². The highest BCUT2D eigenvalue weighted by atomic mass is 79.9. The Kier molecular flexibility index (Phi) is 3.75. The standard InChI is InChI=1S/C8H11BrN2S/c1-2-7(10)11-5-6-3-4-12-8(6)9/h3-4H,2,5H2,1H3,(H2,10,11). The first-order valence-electron chi connectivity index (χ1n) is 3.74. The molecular weight excluding hydrogens is 236 g/mol. The van der Waals surface area contributed by atoms with E-state index in [1.54, 1.807) is 11.3 Å². The van der Waals surface area contributed by atoms with Crippen LogP contribution in [0.5, 0.6) is 0 Å². The Labute approximate surface area is 84.6 Å². The Balaban J connectivity index is 2.59. The van der Waals surface area contributed by atoms with Crippen LogP contribution in [0.3, 0.4) is 0 Å². The van der Waals surface area contributed by atoms with Crippen molar-refractivity contribution in [1.82, 2.24) is 0 Å². The minimum absolute atomic E-state index is 0.684. The first-order valence-corrected chi connectivity index (χ1v) is 5.42. The van der Waals surface area contributed by atoms with Crippen LogP contribution in [0, 0.1) is 0 Å². The van der Waals surface area contributed by atoms with Crippen molar-refractivity contribution in [1.29, 1.82) is 0 Å². The lowest BCUT2D eigenvalue weighted by Gasteiger charge is -1.95. The maximum Gasteiger partial charge on any atom is 0.0938 e. The highest BCUT2D eigenvalue weighted by Gasteiger charge is 1.98. The first kappa shape index (κ1) is 9.74. The second-order valence-electron chi connectivity index (χ2n) is 2.38. The molecule has 0 saturated heterocycles. The van der Waals surface area contributed by atoms with Crippen LogP contribution in [0.2, 0.25) is 0 Å². The number of nitrogens with two attached hydrogens (primary N) is 1. The summed E-state index contributed by atoms with van der Waals surface area (Å²) in [5, 5.41) is 2.04. The number of nitrogens with zero attached hydrogens (tertiary/aromatic N) is 1. The average molecular weight is 247 g/mol. The van der Waals surface area contributed by atoms with Crippen LogP contribution >= 0.6 is 27.3 Å². The Morgan fingerprint density at radius 3 is 3.00 bits per heavy atom. The Bertz CT molecular complexity index is 280. The topological polar surface area (TPSA) is 38.4 Å². The van der Waals surface area contributed by atoms with Gasteiger partial charge in [0.05, 0.1) is 16.2 Å². The summed E-state index contributed by atoms with van der Waals surface area (Å²) in [6.07, 6.45) is 0.821. The molecule has 0 bridgehead atoms. The fraction of sp³-hybridized carbons (Fsp3) is 0.375. The molecule has 2 nitrogen and oxygen atoms in total. The monoisotopic (exact) mass is 246 g/mol. The van der Waals surface area contributed by atoms with E-state index in [-0.39, 0.29) is 0 Å². The molecule has 2 N–H and O–H groups in total. The molecule has 1 rings (SSSR count). The summed E-state index contributed by atoms with van der Waals surface area (Å²) < 4.78 is 1.15. The van der Waals surface area contributed by atoms with Crippen molar-refractivity contribution >= 4 is 33.1 Å². The van der Waals surface area contributed by atoms with E-state index < -0.39 is 0 Å². The smallest absolute Gasteiger partial charge is 0.0938 e. The zero-order valence-electron chi connectivity index (χ0n) is 6.88. The van der Waals surface area contributed by atoms with Crippen LogP contribution in [0.1, 0.15) is 18.9 Å². The van der Waals surface area contributed by atoms with Crippen molar-refractivity contribution in [3.63, 3.8) is 0 Å². The molecule has 0 amide bonds. The third kappa shape index (κ3) is 2.60. The fourth-order valence-electron chi connectivity index (χ4n) is 0.730. The molecule has 0 aromatic carbocycles. The number of rotatable bonds is 3. The molecule has 0 aliphatic heterocycles. The Morgan fingerprint density at radius 2 is 2.50 bits per heavy atom. The van der Waals surface area contributed by atoms with Gasteiger partial charge in [-0.25, -0.2) is 0 Å². The zero-order chi connectivity index (χ0) is 8.97. The predicted octanol–water partition coefficient (Wildman–Crippen LogP) is 2.78. The maximum absolute atomic E-state index is 5.58. The van der Waals surface area contributed by atoms with Gasteiger partial charge in [0.25, 0.3) is 0 Å². The Hall–Kier alpha value is -0.350. The van der Waals surface area contributed by atoms with Gasteiger partial charge in [0.1, 0.15) is 0 Å². The number of halogens is 1. The molecule has 66 valence electrons. The van der Waals surface area contributed by atoms with Gasteiger partial charge in [0.2, 0.25) is 0 Å². The van der Waals surface area contributed by atoms with Crippen LogP contribution in [0.4, 0.5) is 0 Å². The van der Waals surface area contributed by atoms with Gasteiger partial charge in [-0.05, 0) is 32.9 Å². The van der Waals surface area contributed by atoms with Gasteiger partial charge in [-0.3, -0.25) is 4.99 Å². The van der Waals surface area contributed by atoms with Crippen LogP contribution < -0.4 is 5.73 Å². The van der Waals surface area contributed by atoms with Gasteiger partial charge in [0, 0.05) is 6.42 Å². The fourth-order valence-corrected chi connectivity index (χ4v) is 1.95. The predicted molar refractivity (Wildman–Crippen MR) is 57.6 cm³/mol. The summed E-state index contributed by atoms with van der Waals surface area (Å²) in [6.45, 7) is 2.69. The van der Waals surface area contributed by atoms with E-state index in [0.29, 0.717) is 12.4 Å². The molecule has 0 atom stereocenters. The minimum atomic E-state index is 0.684. The van der Waals surface area contributed by atoms with Crippen LogP contribution in [0.25, 0.3) is 0 Å². The third-order valence-electron chi connectivity index (χ3n) is 1.51. The van der Waals surface area contributed by atoms with Crippen LogP contribution in [-0.2, 0) is 6.54 Å². The quantitative estimate of drug-likeness (QED) is 0.647. The molecule has 0 spiro atoms. The average Bonchev–Trinajstić information content (AvgIpc) is 2.47. The van der Waals surface area contributed by atoms with E-state index in [2.05, 4.69) is 27.0 Å². The van der Waals surface area contributed by atoms with Gasteiger partial charge < -0.3 is 5.73 Å². The minimum Gasteiger partial charge on any atom is -0.387 e. The molecule has 4 heteroatoms. The van der Waals surface area contributed by atoms with Crippen LogP contribution in [0.15, 0.2) is 20.2 Å². The lowest BCUT2D eigenvalue weighted by atomic mass is 10.3. The summed E-state index contributed by atoms with van der Waals surface area (Å²) in [6, 6.07) is 2.06. The van der Waals surface area contributed by atoms with E-state index in [1.165, 1.54) is 5.56 Å². The number of amidine groups is 1. The molecule has 1 heterocycles. The van der Waals surface area contributed by atoms with E-state index in [9.17, 15) is 0 Å². The third-order valence-corrected chi connectivity index (χ3v) is 3.32. The summed E-state index contributed by atoms with van der Waals surface area (Å²) in [4.78, 5) is 4.22. The second kappa shape index (κ2) is 4.62. The summed E-state index contributed by atoms with van der Waals surface area (Å²) >= 11 is 5.12. The molecule has 1 aromatic rings. The second-order valence-corrected chi connectivity index (χ2v) is 4.61. The van der Waals surface area contributed by atoms with Crippen molar-refractivity contribution in [2.45, 2.75) is 19.9 Å². The molecule has 1 aromatic heterocycles. The molecule has 0 aliphatic rings. The van der Waals surface area contributed by atoms with Crippen molar-refractivity contribution in [3.05, 3.63) is 20.8 Å². The number of aliphatic imine (C=N–C) groups is 1. The van der Waals surface area contributed by atoms with Crippen molar-refractivity contribution in [3.8, 4) is 0 Å². The molecule has 0 fully saturated rings. The number of thiophene rings is 1. The number of hydrogen-bond donors (Lipinski definition) is 1. The van der Waals surface area contributed by atoms with Gasteiger partial charge >= 0.3 is 0 Å². The largest absolute Gasteiger partial charge is 0.387 e. The highest BCUT2D eigenvalue weighted by Crippen LogP contribution is 2.23. The van der Waals surface area contributed by atoms with Gasteiger partial charge in [-0.15, -0.1) is 11.3 Å². The molecule has 12 heavy (non-hydrogen) atoms. The highest BCUT2D eigenvalue weighted by molar-refractivity contribution is 9.11.